The average molecular weight is 224 g/mol. The highest BCUT2D eigenvalue weighted by molar-refractivity contribution is 5.39. The van der Waals surface area contributed by atoms with Crippen molar-refractivity contribution in [3.8, 4) is 0 Å². The van der Waals surface area contributed by atoms with Crippen LogP contribution in [0.15, 0.2) is 24.3 Å². The molecule has 1 rings (SSSR count). The Morgan fingerprint density at radius 1 is 1.38 bits per heavy atom. The molecule has 1 aromatic rings. The molecule has 0 bridgehead atoms. The molecule has 0 aliphatic rings. The molecule has 0 atom stereocenters. The van der Waals surface area contributed by atoms with Crippen molar-refractivity contribution >= 4 is 5.69 Å². The van der Waals surface area contributed by atoms with Gasteiger partial charge in [0, 0.05) is 17.2 Å². The van der Waals surface area contributed by atoms with Crippen LogP contribution in [0.2, 0.25) is 0 Å². The first-order valence-electron chi connectivity index (χ1n) is 5.01. The predicted octanol–water partition coefficient (Wildman–Crippen LogP) is 2.58. The Hall–Kier alpha value is -1.46. The highest BCUT2D eigenvalue weighted by atomic mass is 16.6. The van der Waals surface area contributed by atoms with Gasteiger partial charge in [0.1, 0.15) is 0 Å². The normalized spacial score (nSPS) is 11.8. The number of nitro benzene ring substituents is 1. The van der Waals surface area contributed by atoms with E-state index in [0.29, 0.717) is 5.56 Å². The van der Waals surface area contributed by atoms with Gasteiger partial charge in [-0.3, -0.25) is 10.1 Å². The van der Waals surface area contributed by atoms with Crippen molar-refractivity contribution in [2.24, 2.45) is 0 Å². The molecule has 0 amide bonds. The zero-order valence-electron chi connectivity index (χ0n) is 9.67. The van der Waals surface area contributed by atoms with Gasteiger partial charge in [0.2, 0.25) is 0 Å². The molecule has 0 saturated heterocycles. The van der Waals surface area contributed by atoms with E-state index in [4.69, 9.17) is 0 Å². The smallest absolute Gasteiger partial charge is 0.273 e. The van der Waals surface area contributed by atoms with Crippen LogP contribution in [0.3, 0.4) is 0 Å². The van der Waals surface area contributed by atoms with Crippen LogP contribution in [0.25, 0.3) is 0 Å². The third kappa shape index (κ3) is 3.01. The fourth-order valence-electron chi connectivity index (χ4n) is 1.22. The van der Waals surface area contributed by atoms with Gasteiger partial charge in [-0.15, -0.1) is 0 Å². The van der Waals surface area contributed by atoms with E-state index >= 15 is 0 Å². The van der Waals surface area contributed by atoms with Crippen molar-refractivity contribution in [1.29, 1.82) is 0 Å². The minimum atomic E-state index is -0.441. The van der Waals surface area contributed by atoms with E-state index in [1.54, 1.807) is 18.2 Å². The van der Waals surface area contributed by atoms with Gasteiger partial charge in [0.15, 0.2) is 0 Å². The summed E-state index contributed by atoms with van der Waals surface area (Å²) in [5.41, 5.74) is 0.0969. The lowest BCUT2D eigenvalue weighted by atomic mass is 10.1. The molecule has 0 saturated carbocycles. The van der Waals surface area contributed by atoms with E-state index < -0.39 is 10.5 Å². The first-order chi connectivity index (χ1) is 7.32. The summed E-state index contributed by atoms with van der Waals surface area (Å²) in [6.07, 6.45) is 0. The van der Waals surface area contributed by atoms with Crippen molar-refractivity contribution in [3.05, 3.63) is 39.9 Å². The molecule has 0 radical (unpaired) electrons. The van der Waals surface area contributed by atoms with Crippen molar-refractivity contribution in [2.45, 2.75) is 32.9 Å². The number of benzene rings is 1. The average Bonchev–Trinajstić information content (AvgIpc) is 2.16. The molecule has 0 aliphatic carbocycles. The summed E-state index contributed by atoms with van der Waals surface area (Å²) in [5, 5.41) is 21.6. The summed E-state index contributed by atoms with van der Waals surface area (Å²) in [7, 11) is 0. The van der Waals surface area contributed by atoms with E-state index in [0.717, 1.165) is 5.06 Å². The number of hydrogen-bond acceptors (Lipinski definition) is 4. The standard InChI is InChI=1S/C11H16N2O3/c1-11(2,3)12(14)8-9-6-4-5-7-10(9)13(15)16/h4-7,14H,8H2,1-3H3. The zero-order valence-corrected chi connectivity index (χ0v) is 9.67. The Labute approximate surface area is 94.4 Å². The van der Waals surface area contributed by atoms with E-state index in [-0.39, 0.29) is 12.2 Å². The van der Waals surface area contributed by atoms with Crippen molar-refractivity contribution in [1.82, 2.24) is 5.06 Å². The summed E-state index contributed by atoms with van der Waals surface area (Å²) < 4.78 is 0. The molecule has 88 valence electrons. The quantitative estimate of drug-likeness (QED) is 0.633. The number of hydroxylamine groups is 2. The molecule has 1 aromatic carbocycles. The Morgan fingerprint density at radius 3 is 2.44 bits per heavy atom. The third-order valence-electron chi connectivity index (χ3n) is 2.28. The lowest BCUT2D eigenvalue weighted by Crippen LogP contribution is -2.38. The summed E-state index contributed by atoms with van der Waals surface area (Å²) >= 11 is 0. The van der Waals surface area contributed by atoms with E-state index in [2.05, 4.69) is 0 Å². The molecule has 5 nitrogen and oxygen atoms in total. The van der Waals surface area contributed by atoms with Gasteiger partial charge in [-0.05, 0) is 20.8 Å². The first kappa shape index (κ1) is 12.6. The van der Waals surface area contributed by atoms with Crippen LogP contribution < -0.4 is 0 Å². The van der Waals surface area contributed by atoms with Crippen LogP contribution in [0.5, 0.6) is 0 Å². The lowest BCUT2D eigenvalue weighted by Gasteiger charge is -2.29. The molecule has 0 heterocycles. The number of nitro groups is 1. The Morgan fingerprint density at radius 2 is 1.94 bits per heavy atom. The molecule has 0 spiro atoms. The minimum Gasteiger partial charge on any atom is -0.313 e. The minimum absolute atomic E-state index is 0.0331. The van der Waals surface area contributed by atoms with Gasteiger partial charge in [-0.25, -0.2) is 0 Å². The van der Waals surface area contributed by atoms with E-state index in [9.17, 15) is 15.3 Å². The van der Waals surface area contributed by atoms with Gasteiger partial charge >= 0.3 is 0 Å². The molecular weight excluding hydrogens is 208 g/mol. The van der Waals surface area contributed by atoms with Crippen LogP contribution >= 0.6 is 0 Å². The Balaban J connectivity index is 2.93. The molecule has 0 aliphatic heterocycles. The maximum Gasteiger partial charge on any atom is 0.273 e. The monoisotopic (exact) mass is 224 g/mol. The number of rotatable bonds is 3. The van der Waals surface area contributed by atoms with Crippen LogP contribution in [0.4, 0.5) is 5.69 Å². The summed E-state index contributed by atoms with van der Waals surface area (Å²) in [5.74, 6) is 0. The molecule has 0 fully saturated rings. The molecule has 1 N–H and O–H groups in total. The van der Waals surface area contributed by atoms with Crippen molar-refractivity contribution in [2.75, 3.05) is 0 Å². The van der Waals surface area contributed by atoms with Crippen molar-refractivity contribution < 1.29 is 10.1 Å². The second-order valence-electron chi connectivity index (χ2n) is 4.61. The number of hydrogen-bond donors (Lipinski definition) is 1. The molecule has 5 heteroatoms. The highest BCUT2D eigenvalue weighted by Gasteiger charge is 2.22. The maximum atomic E-state index is 10.8. The van der Waals surface area contributed by atoms with Gasteiger partial charge in [-0.2, -0.15) is 5.06 Å². The fourth-order valence-corrected chi connectivity index (χ4v) is 1.22. The van der Waals surface area contributed by atoms with Crippen LogP contribution in [-0.4, -0.2) is 20.7 Å². The predicted molar refractivity (Wildman–Crippen MR) is 60.2 cm³/mol. The fraction of sp³-hybridized carbons (Fsp3) is 0.455. The summed E-state index contributed by atoms with van der Waals surface area (Å²) in [6.45, 7) is 5.64. The second kappa shape index (κ2) is 4.59. The van der Waals surface area contributed by atoms with E-state index in [1.807, 2.05) is 20.8 Å². The van der Waals surface area contributed by atoms with E-state index in [1.165, 1.54) is 6.07 Å². The highest BCUT2D eigenvalue weighted by Crippen LogP contribution is 2.22. The number of nitrogens with zero attached hydrogens (tertiary/aromatic N) is 2. The van der Waals surface area contributed by atoms with Crippen LogP contribution in [0, 0.1) is 10.1 Å². The van der Waals surface area contributed by atoms with Crippen molar-refractivity contribution in [3.63, 3.8) is 0 Å². The van der Waals surface area contributed by atoms with Crippen LogP contribution in [0.1, 0.15) is 26.3 Å². The topological polar surface area (TPSA) is 66.6 Å². The van der Waals surface area contributed by atoms with Gasteiger partial charge in [-0.1, -0.05) is 18.2 Å². The van der Waals surface area contributed by atoms with Gasteiger partial charge in [0.05, 0.1) is 11.5 Å². The summed E-state index contributed by atoms with van der Waals surface area (Å²) in [6, 6.07) is 6.41. The molecule has 0 unspecified atom stereocenters. The molecule has 16 heavy (non-hydrogen) atoms. The van der Waals surface area contributed by atoms with Gasteiger partial charge in [0.25, 0.3) is 5.69 Å². The zero-order chi connectivity index (χ0) is 12.3. The van der Waals surface area contributed by atoms with Gasteiger partial charge < -0.3 is 5.21 Å². The largest absolute Gasteiger partial charge is 0.313 e. The first-order valence-corrected chi connectivity index (χ1v) is 5.01. The SMILES string of the molecule is CC(C)(C)N(O)Cc1ccccc1[N+](=O)[O-]. The second-order valence-corrected chi connectivity index (χ2v) is 4.61. The van der Waals surface area contributed by atoms with Crippen LogP contribution in [-0.2, 0) is 6.54 Å². The summed E-state index contributed by atoms with van der Waals surface area (Å²) in [4.78, 5) is 10.3. The Bertz CT molecular complexity index is 385. The lowest BCUT2D eigenvalue weighted by molar-refractivity contribution is -0.386. The third-order valence-corrected chi connectivity index (χ3v) is 2.28. The maximum absolute atomic E-state index is 10.8. The molecular formula is C11H16N2O3. The Kier molecular flexibility index (Phi) is 3.62. The molecule has 0 aromatic heterocycles. The number of para-hydroxylation sites is 1.